The molecule has 0 fully saturated rings. The van der Waals surface area contributed by atoms with Crippen LogP contribution in [-0.4, -0.2) is 19.4 Å². The van der Waals surface area contributed by atoms with Crippen molar-refractivity contribution in [2.45, 2.75) is 20.2 Å². The molecule has 1 unspecified atom stereocenters. The third-order valence-corrected chi connectivity index (χ3v) is 2.69. The molecule has 1 aliphatic rings. The van der Waals surface area contributed by atoms with Crippen LogP contribution in [0.3, 0.4) is 0 Å². The number of fused-ring (bicyclic) bond motifs is 1. The Bertz CT molecular complexity index is 456. The number of esters is 1. The van der Waals surface area contributed by atoms with Gasteiger partial charge in [-0.15, -0.1) is 0 Å². The smallest absolute Gasteiger partial charge is 0.305 e. The summed E-state index contributed by atoms with van der Waals surface area (Å²) < 4.78 is 5.33. The molecule has 1 aromatic carbocycles. The summed E-state index contributed by atoms with van der Waals surface area (Å²) in [6, 6.07) is 7.96. The number of anilines is 2. The zero-order valence-corrected chi connectivity index (χ0v) is 10.3. The van der Waals surface area contributed by atoms with E-state index < -0.39 is 6.35 Å². The molecular weight excluding hydrogens is 216 g/mol. The summed E-state index contributed by atoms with van der Waals surface area (Å²) in [5, 5.41) is 0. The van der Waals surface area contributed by atoms with Crippen molar-refractivity contribution in [1.82, 2.24) is 0 Å². The largest absolute Gasteiger partial charge is 0.422 e. The van der Waals surface area contributed by atoms with Gasteiger partial charge in [-0.2, -0.15) is 0 Å². The fourth-order valence-corrected chi connectivity index (χ4v) is 2.00. The first kappa shape index (κ1) is 11.5. The van der Waals surface area contributed by atoms with Crippen molar-refractivity contribution in [3.8, 4) is 0 Å². The van der Waals surface area contributed by atoms with Crippen molar-refractivity contribution in [2.24, 2.45) is 0 Å². The van der Waals surface area contributed by atoms with E-state index in [1.54, 1.807) is 0 Å². The second-order valence-corrected chi connectivity index (χ2v) is 3.93. The molecule has 90 valence electrons. The van der Waals surface area contributed by atoms with Gasteiger partial charge in [0.15, 0.2) is 0 Å². The molecule has 0 saturated carbocycles. The Hall–Kier alpha value is -1.97. The molecule has 0 N–H and O–H groups in total. The van der Waals surface area contributed by atoms with Gasteiger partial charge in [-0.3, -0.25) is 9.69 Å². The molecule has 2 rings (SSSR count). The van der Waals surface area contributed by atoms with Crippen molar-refractivity contribution < 1.29 is 9.53 Å². The van der Waals surface area contributed by atoms with Crippen molar-refractivity contribution in [2.75, 3.05) is 16.8 Å². The topological polar surface area (TPSA) is 32.8 Å². The second kappa shape index (κ2) is 4.49. The summed E-state index contributed by atoms with van der Waals surface area (Å²) in [6.45, 7) is 3.36. The van der Waals surface area contributed by atoms with E-state index in [1.807, 2.05) is 60.3 Å². The molecule has 1 atom stereocenters. The van der Waals surface area contributed by atoms with Gasteiger partial charge < -0.3 is 9.64 Å². The Labute approximate surface area is 101 Å². The summed E-state index contributed by atoms with van der Waals surface area (Å²) in [5.41, 5.74) is 2.09. The predicted octanol–water partition coefficient (Wildman–Crippen LogP) is 2.32. The Morgan fingerprint density at radius 3 is 2.59 bits per heavy atom. The standard InChI is InChI=1S/C13H16N2O2/c1-4-9-15-12-8-6-5-7-11(12)14(3)13(15)17-10(2)16/h4-9,13H,1-3H3. The number of nitrogens with zero attached hydrogens (tertiary/aromatic N) is 2. The number of hydrogen-bond acceptors (Lipinski definition) is 4. The second-order valence-electron chi connectivity index (χ2n) is 3.93. The maximum Gasteiger partial charge on any atom is 0.305 e. The van der Waals surface area contributed by atoms with Gasteiger partial charge in [0.2, 0.25) is 0 Å². The zero-order chi connectivity index (χ0) is 12.4. The van der Waals surface area contributed by atoms with E-state index in [0.29, 0.717) is 0 Å². The highest BCUT2D eigenvalue weighted by molar-refractivity contribution is 5.79. The minimum atomic E-state index is -0.402. The van der Waals surface area contributed by atoms with Gasteiger partial charge in [0, 0.05) is 20.2 Å². The number of carbonyl (C=O) groups excluding carboxylic acids is 1. The van der Waals surface area contributed by atoms with Crippen LogP contribution in [0.25, 0.3) is 0 Å². The van der Waals surface area contributed by atoms with Gasteiger partial charge >= 0.3 is 5.97 Å². The normalized spacial score (nSPS) is 18.6. The molecule has 4 nitrogen and oxygen atoms in total. The SMILES string of the molecule is CC=CN1c2ccccc2N(C)C1OC(C)=O. The van der Waals surface area contributed by atoms with Gasteiger partial charge in [0.1, 0.15) is 0 Å². The van der Waals surface area contributed by atoms with E-state index in [9.17, 15) is 4.79 Å². The number of rotatable bonds is 2. The van der Waals surface area contributed by atoms with Crippen LogP contribution in [-0.2, 0) is 9.53 Å². The third kappa shape index (κ3) is 1.98. The first-order chi connectivity index (χ1) is 8.15. The van der Waals surface area contributed by atoms with E-state index in [4.69, 9.17) is 4.74 Å². The molecular formula is C13H16N2O2. The molecule has 17 heavy (non-hydrogen) atoms. The predicted molar refractivity (Wildman–Crippen MR) is 67.7 cm³/mol. The van der Waals surface area contributed by atoms with E-state index in [2.05, 4.69) is 0 Å². The van der Waals surface area contributed by atoms with Gasteiger partial charge in [0.05, 0.1) is 11.4 Å². The third-order valence-electron chi connectivity index (χ3n) is 2.69. The highest BCUT2D eigenvalue weighted by Crippen LogP contribution is 2.38. The average Bonchev–Trinajstić information content (AvgIpc) is 2.55. The summed E-state index contributed by atoms with van der Waals surface area (Å²) in [4.78, 5) is 15.0. The molecule has 1 aromatic rings. The van der Waals surface area contributed by atoms with Crippen LogP contribution in [0.15, 0.2) is 36.5 Å². The van der Waals surface area contributed by atoms with Crippen LogP contribution in [0.5, 0.6) is 0 Å². The lowest BCUT2D eigenvalue weighted by molar-refractivity contribution is -0.145. The molecule has 1 heterocycles. The molecule has 0 aliphatic carbocycles. The fourth-order valence-electron chi connectivity index (χ4n) is 2.00. The molecule has 0 radical (unpaired) electrons. The monoisotopic (exact) mass is 232 g/mol. The van der Waals surface area contributed by atoms with Crippen LogP contribution in [0, 0.1) is 0 Å². The Balaban J connectivity index is 2.40. The number of para-hydroxylation sites is 2. The lowest BCUT2D eigenvalue weighted by Gasteiger charge is -2.26. The summed E-state index contributed by atoms with van der Waals surface area (Å²) >= 11 is 0. The highest BCUT2D eigenvalue weighted by Gasteiger charge is 2.34. The minimum Gasteiger partial charge on any atom is -0.422 e. The maximum absolute atomic E-state index is 11.1. The maximum atomic E-state index is 11.1. The van der Waals surface area contributed by atoms with Crippen LogP contribution in [0.1, 0.15) is 13.8 Å². The van der Waals surface area contributed by atoms with Gasteiger partial charge in [-0.1, -0.05) is 18.2 Å². The Kier molecular flexibility index (Phi) is 3.04. The number of benzene rings is 1. The fraction of sp³-hybridized carbons (Fsp3) is 0.308. The molecule has 0 spiro atoms. The Morgan fingerprint density at radius 1 is 1.35 bits per heavy atom. The minimum absolute atomic E-state index is 0.288. The van der Waals surface area contributed by atoms with Crippen LogP contribution < -0.4 is 9.80 Å². The molecule has 0 bridgehead atoms. The first-order valence-corrected chi connectivity index (χ1v) is 5.55. The van der Waals surface area contributed by atoms with E-state index >= 15 is 0 Å². The van der Waals surface area contributed by atoms with Crippen LogP contribution in [0.4, 0.5) is 11.4 Å². The van der Waals surface area contributed by atoms with Crippen LogP contribution in [0.2, 0.25) is 0 Å². The molecule has 0 amide bonds. The average molecular weight is 232 g/mol. The lowest BCUT2D eigenvalue weighted by Crippen LogP contribution is -2.41. The van der Waals surface area contributed by atoms with Crippen molar-refractivity contribution in [1.29, 1.82) is 0 Å². The van der Waals surface area contributed by atoms with Gasteiger partial charge in [-0.05, 0) is 19.1 Å². The van der Waals surface area contributed by atoms with Crippen molar-refractivity contribution in [3.05, 3.63) is 36.5 Å². The van der Waals surface area contributed by atoms with E-state index in [1.165, 1.54) is 6.92 Å². The van der Waals surface area contributed by atoms with E-state index in [0.717, 1.165) is 11.4 Å². The number of allylic oxidation sites excluding steroid dienone is 1. The number of carbonyl (C=O) groups is 1. The zero-order valence-electron chi connectivity index (χ0n) is 10.3. The van der Waals surface area contributed by atoms with Crippen molar-refractivity contribution >= 4 is 17.3 Å². The van der Waals surface area contributed by atoms with Gasteiger partial charge in [-0.25, -0.2) is 0 Å². The number of hydrogen-bond donors (Lipinski definition) is 0. The highest BCUT2D eigenvalue weighted by atomic mass is 16.6. The summed E-state index contributed by atoms with van der Waals surface area (Å²) in [7, 11) is 1.91. The van der Waals surface area contributed by atoms with Crippen molar-refractivity contribution in [3.63, 3.8) is 0 Å². The quantitative estimate of drug-likeness (QED) is 0.733. The molecule has 0 saturated heterocycles. The van der Waals surface area contributed by atoms with Gasteiger partial charge in [0.25, 0.3) is 6.35 Å². The first-order valence-electron chi connectivity index (χ1n) is 5.55. The molecule has 1 aliphatic heterocycles. The summed E-state index contributed by atoms with van der Waals surface area (Å²) in [6.07, 6.45) is 3.43. The molecule has 4 heteroatoms. The van der Waals surface area contributed by atoms with E-state index in [-0.39, 0.29) is 5.97 Å². The number of ether oxygens (including phenoxy) is 1. The summed E-state index contributed by atoms with van der Waals surface area (Å²) in [5.74, 6) is -0.288. The molecule has 0 aromatic heterocycles. The lowest BCUT2D eigenvalue weighted by atomic mass is 10.2. The van der Waals surface area contributed by atoms with Crippen LogP contribution >= 0.6 is 0 Å². The Morgan fingerprint density at radius 2 is 2.00 bits per heavy atom.